The second-order valence-corrected chi connectivity index (χ2v) is 11.7. The first kappa shape index (κ1) is 20.7. The molecular formula is C25H29ClN4OS. The number of carbonyl (C=O) groups is 1. The summed E-state index contributed by atoms with van der Waals surface area (Å²) in [6, 6.07) is 3.97. The molecule has 4 saturated carbocycles. The van der Waals surface area contributed by atoms with Gasteiger partial charge in [0, 0.05) is 30.5 Å². The van der Waals surface area contributed by atoms with Crippen molar-refractivity contribution in [2.24, 2.45) is 23.2 Å². The number of nitrogens with zero attached hydrogens (tertiary/aromatic N) is 4. The fourth-order valence-electron chi connectivity index (χ4n) is 6.98. The zero-order chi connectivity index (χ0) is 21.9. The van der Waals surface area contributed by atoms with Gasteiger partial charge in [0.2, 0.25) is 5.91 Å². The normalized spacial score (nSPS) is 28.5. The molecule has 2 heterocycles. The lowest BCUT2D eigenvalue weighted by molar-refractivity contribution is -0.143. The molecule has 3 aromatic rings. The van der Waals surface area contributed by atoms with Crippen LogP contribution in [0.3, 0.4) is 0 Å². The van der Waals surface area contributed by atoms with E-state index in [4.69, 9.17) is 16.6 Å². The van der Waals surface area contributed by atoms with Crippen LogP contribution in [0.4, 0.5) is 5.13 Å². The molecule has 7 rings (SSSR count). The molecule has 4 fully saturated rings. The van der Waals surface area contributed by atoms with Gasteiger partial charge in [-0.1, -0.05) is 22.9 Å². The van der Waals surface area contributed by atoms with Gasteiger partial charge in [-0.3, -0.25) is 9.69 Å². The molecule has 0 aliphatic heterocycles. The maximum atomic E-state index is 14.3. The van der Waals surface area contributed by atoms with Gasteiger partial charge in [-0.2, -0.15) is 0 Å². The van der Waals surface area contributed by atoms with Gasteiger partial charge in [0.1, 0.15) is 0 Å². The lowest BCUT2D eigenvalue weighted by atomic mass is 9.49. The second-order valence-electron chi connectivity index (χ2n) is 10.3. The molecule has 0 atom stereocenters. The second kappa shape index (κ2) is 7.84. The topological polar surface area (TPSA) is 51.0 Å². The maximum Gasteiger partial charge on any atom is 0.235 e. The van der Waals surface area contributed by atoms with Crippen LogP contribution in [0.2, 0.25) is 5.02 Å². The van der Waals surface area contributed by atoms with Crippen LogP contribution in [-0.2, 0) is 11.3 Å². The predicted octanol–water partition coefficient (Wildman–Crippen LogP) is 6.09. The van der Waals surface area contributed by atoms with Crippen LogP contribution in [-0.4, -0.2) is 27.0 Å². The van der Waals surface area contributed by atoms with Gasteiger partial charge in [0.25, 0.3) is 0 Å². The van der Waals surface area contributed by atoms with E-state index in [0.29, 0.717) is 12.5 Å². The van der Waals surface area contributed by atoms with Crippen molar-refractivity contribution in [3.05, 3.63) is 41.4 Å². The van der Waals surface area contributed by atoms with E-state index in [1.807, 2.05) is 36.5 Å². The van der Waals surface area contributed by atoms with Crippen LogP contribution in [0.15, 0.2) is 30.9 Å². The Hall–Kier alpha value is -1.92. The lowest BCUT2D eigenvalue weighted by Gasteiger charge is -2.56. The fourth-order valence-corrected chi connectivity index (χ4v) is 8.18. The van der Waals surface area contributed by atoms with Crippen molar-refractivity contribution < 1.29 is 4.79 Å². The number of fused-ring (bicyclic) bond motifs is 1. The molecule has 0 saturated heterocycles. The number of hydrogen-bond donors (Lipinski definition) is 0. The van der Waals surface area contributed by atoms with E-state index >= 15 is 0 Å². The molecule has 2 aromatic heterocycles. The summed E-state index contributed by atoms with van der Waals surface area (Å²) in [5, 5.41) is 1.56. The van der Waals surface area contributed by atoms with Crippen molar-refractivity contribution >= 4 is 44.2 Å². The Balaban J connectivity index is 1.33. The number of amides is 1. The molecule has 7 heteroatoms. The number of anilines is 1. The van der Waals surface area contributed by atoms with Crippen LogP contribution in [0.25, 0.3) is 10.2 Å². The Labute approximate surface area is 197 Å². The highest BCUT2D eigenvalue weighted by Gasteiger charge is 2.55. The van der Waals surface area contributed by atoms with Crippen molar-refractivity contribution in [3.63, 3.8) is 0 Å². The van der Waals surface area contributed by atoms with Crippen LogP contribution >= 0.6 is 22.9 Å². The number of rotatable bonds is 6. The van der Waals surface area contributed by atoms with Gasteiger partial charge < -0.3 is 4.57 Å². The van der Waals surface area contributed by atoms with E-state index in [-0.39, 0.29) is 5.41 Å². The Morgan fingerprint density at radius 2 is 1.94 bits per heavy atom. The van der Waals surface area contributed by atoms with Crippen LogP contribution in [0.1, 0.15) is 50.5 Å². The third kappa shape index (κ3) is 3.47. The number of thiazole rings is 1. The molecule has 1 aromatic carbocycles. The number of halogens is 1. The largest absolute Gasteiger partial charge is 0.337 e. The number of carbonyl (C=O) groups excluding carboxylic acids is 1. The highest BCUT2D eigenvalue weighted by Crippen LogP contribution is 2.60. The van der Waals surface area contributed by atoms with E-state index in [9.17, 15) is 4.79 Å². The molecule has 0 radical (unpaired) electrons. The first-order valence-corrected chi connectivity index (χ1v) is 13.0. The molecular weight excluding hydrogens is 440 g/mol. The molecule has 4 aliphatic rings. The van der Waals surface area contributed by atoms with Crippen LogP contribution in [0, 0.1) is 30.1 Å². The standard InChI is InChI=1S/C25H29ClN4OS/c1-16-20(26)3-4-21-22(16)28-24(32-21)30(7-2-6-29-8-5-27-15-29)23(31)25-12-17-9-18(13-25)11-19(10-17)14-25/h3-5,8,15,17-19H,2,6-7,9-14H2,1H3. The molecule has 5 nitrogen and oxygen atoms in total. The first-order chi connectivity index (χ1) is 15.5. The summed E-state index contributed by atoms with van der Waals surface area (Å²) < 4.78 is 3.18. The minimum absolute atomic E-state index is 0.172. The first-order valence-electron chi connectivity index (χ1n) is 11.8. The number of imidazole rings is 1. The van der Waals surface area contributed by atoms with Crippen molar-refractivity contribution in [2.75, 3.05) is 11.4 Å². The molecule has 4 bridgehead atoms. The summed E-state index contributed by atoms with van der Waals surface area (Å²) in [6.45, 7) is 3.55. The molecule has 0 unspecified atom stereocenters. The predicted molar refractivity (Wildman–Crippen MR) is 129 cm³/mol. The van der Waals surface area contributed by atoms with Crippen molar-refractivity contribution in [1.82, 2.24) is 14.5 Å². The van der Waals surface area contributed by atoms with E-state index in [1.54, 1.807) is 17.5 Å². The highest BCUT2D eigenvalue weighted by atomic mass is 35.5. The van der Waals surface area contributed by atoms with E-state index < -0.39 is 0 Å². The summed E-state index contributed by atoms with van der Waals surface area (Å²) in [4.78, 5) is 25.4. The van der Waals surface area contributed by atoms with Crippen LogP contribution in [0.5, 0.6) is 0 Å². The van der Waals surface area contributed by atoms with Crippen molar-refractivity contribution in [3.8, 4) is 0 Å². The quantitative estimate of drug-likeness (QED) is 0.439. The lowest BCUT2D eigenvalue weighted by Crippen LogP contribution is -2.55. The zero-order valence-corrected chi connectivity index (χ0v) is 20.0. The minimum atomic E-state index is -0.172. The number of benzene rings is 1. The monoisotopic (exact) mass is 468 g/mol. The number of aryl methyl sites for hydroxylation is 2. The average molecular weight is 469 g/mol. The van der Waals surface area contributed by atoms with Gasteiger partial charge in [0.05, 0.1) is 22.0 Å². The molecule has 4 aliphatic carbocycles. The molecule has 168 valence electrons. The Morgan fingerprint density at radius 3 is 2.59 bits per heavy atom. The van der Waals surface area contributed by atoms with Crippen LogP contribution < -0.4 is 4.90 Å². The van der Waals surface area contributed by atoms with E-state index in [1.165, 1.54) is 19.3 Å². The maximum absolute atomic E-state index is 14.3. The number of aromatic nitrogens is 3. The molecule has 0 N–H and O–H groups in total. The third-order valence-electron chi connectivity index (χ3n) is 8.06. The number of hydrogen-bond acceptors (Lipinski definition) is 4. The zero-order valence-electron chi connectivity index (χ0n) is 18.5. The third-order valence-corrected chi connectivity index (χ3v) is 9.51. The SMILES string of the molecule is Cc1c(Cl)ccc2sc(N(CCCn3ccnc3)C(=O)C34CC5CC(CC(C5)C3)C4)nc12. The van der Waals surface area contributed by atoms with E-state index in [2.05, 4.69) is 9.55 Å². The van der Waals surface area contributed by atoms with Gasteiger partial charge in [-0.25, -0.2) is 9.97 Å². The van der Waals surface area contributed by atoms with Crippen molar-refractivity contribution in [1.29, 1.82) is 0 Å². The summed E-state index contributed by atoms with van der Waals surface area (Å²) in [5.41, 5.74) is 1.75. The average Bonchev–Trinajstić information content (AvgIpc) is 3.43. The molecule has 0 spiro atoms. The minimum Gasteiger partial charge on any atom is -0.337 e. The molecule has 32 heavy (non-hydrogen) atoms. The van der Waals surface area contributed by atoms with Gasteiger partial charge >= 0.3 is 0 Å². The van der Waals surface area contributed by atoms with Gasteiger partial charge in [-0.15, -0.1) is 0 Å². The highest BCUT2D eigenvalue weighted by molar-refractivity contribution is 7.22. The summed E-state index contributed by atoms with van der Waals surface area (Å²) >= 11 is 7.99. The summed E-state index contributed by atoms with van der Waals surface area (Å²) in [6.07, 6.45) is 13.7. The summed E-state index contributed by atoms with van der Waals surface area (Å²) in [5.74, 6) is 2.56. The van der Waals surface area contributed by atoms with Gasteiger partial charge in [0.15, 0.2) is 5.13 Å². The van der Waals surface area contributed by atoms with E-state index in [0.717, 1.165) is 75.9 Å². The Bertz CT molecular complexity index is 1120. The smallest absolute Gasteiger partial charge is 0.235 e. The Morgan fingerprint density at radius 1 is 1.22 bits per heavy atom. The molecule has 1 amide bonds. The fraction of sp³-hybridized carbons (Fsp3) is 0.560. The van der Waals surface area contributed by atoms with Gasteiger partial charge in [-0.05, 0) is 87.3 Å². The van der Waals surface area contributed by atoms with Crippen molar-refractivity contribution in [2.45, 2.75) is 58.4 Å². The summed E-state index contributed by atoms with van der Waals surface area (Å²) in [7, 11) is 0. The Kier molecular flexibility index (Phi) is 5.06.